The predicted molar refractivity (Wildman–Crippen MR) is 70.7 cm³/mol. The molecule has 0 radical (unpaired) electrons. The van der Waals surface area contributed by atoms with Crippen LogP contribution in [0.4, 0.5) is 5.69 Å². The van der Waals surface area contributed by atoms with Gasteiger partial charge in [-0.1, -0.05) is 0 Å². The van der Waals surface area contributed by atoms with Crippen LogP contribution in [0.5, 0.6) is 0 Å². The maximum Gasteiger partial charge on any atom is 0.154 e. The van der Waals surface area contributed by atoms with E-state index in [-0.39, 0.29) is 0 Å². The number of furan rings is 1. The largest absolute Gasteiger partial charge is 0.463 e. The second kappa shape index (κ2) is 3.99. The number of anilines is 1. The Bertz CT molecular complexity index is 565. The Morgan fingerprint density at radius 2 is 2.28 bits per heavy atom. The number of rotatable bonds is 1. The number of aromatic nitrogens is 1. The minimum Gasteiger partial charge on any atom is -0.463 e. The first-order valence-electron chi connectivity index (χ1n) is 6.69. The molecule has 2 atom stereocenters. The van der Waals surface area contributed by atoms with E-state index in [0.717, 1.165) is 42.6 Å². The van der Waals surface area contributed by atoms with E-state index in [1.54, 1.807) is 6.26 Å². The minimum absolute atomic E-state index is 0.797. The molecule has 0 aromatic carbocycles. The number of fused-ring (bicyclic) bond motifs is 2. The van der Waals surface area contributed by atoms with E-state index in [4.69, 9.17) is 4.42 Å². The molecule has 0 unspecified atom stereocenters. The maximum absolute atomic E-state index is 5.43. The average molecular weight is 243 g/mol. The van der Waals surface area contributed by atoms with Crippen molar-refractivity contribution in [2.45, 2.75) is 6.42 Å². The molecule has 0 bridgehead atoms. The van der Waals surface area contributed by atoms with Gasteiger partial charge in [0.25, 0.3) is 0 Å². The molecule has 4 heterocycles. The molecule has 94 valence electrons. The molecule has 18 heavy (non-hydrogen) atoms. The summed E-state index contributed by atoms with van der Waals surface area (Å²) < 4.78 is 5.43. The zero-order valence-electron chi connectivity index (χ0n) is 10.3. The van der Waals surface area contributed by atoms with Crippen LogP contribution in [-0.4, -0.2) is 31.2 Å². The fourth-order valence-corrected chi connectivity index (χ4v) is 3.28. The van der Waals surface area contributed by atoms with Gasteiger partial charge >= 0.3 is 0 Å². The van der Waals surface area contributed by atoms with E-state index in [0.29, 0.717) is 0 Å². The lowest BCUT2D eigenvalue weighted by Gasteiger charge is -2.35. The molecule has 2 aromatic rings. The molecule has 2 aromatic heterocycles. The molecule has 4 nitrogen and oxygen atoms in total. The van der Waals surface area contributed by atoms with Gasteiger partial charge in [0, 0.05) is 25.2 Å². The fraction of sp³-hybridized carbons (Fsp3) is 0.500. The van der Waals surface area contributed by atoms with Crippen molar-refractivity contribution in [2.75, 3.05) is 31.1 Å². The summed E-state index contributed by atoms with van der Waals surface area (Å²) in [4.78, 5) is 6.90. The Morgan fingerprint density at radius 1 is 1.33 bits per heavy atom. The van der Waals surface area contributed by atoms with Gasteiger partial charge in [0.15, 0.2) is 5.58 Å². The molecule has 2 fully saturated rings. The Kier molecular flexibility index (Phi) is 2.30. The van der Waals surface area contributed by atoms with Crippen LogP contribution >= 0.6 is 0 Å². The highest BCUT2D eigenvalue weighted by atomic mass is 16.3. The molecule has 0 spiro atoms. The third kappa shape index (κ3) is 1.60. The standard InChI is InChI=1S/C14H17N3O/c1-3-17(9-11-7-15-6-10(1)11)12-5-14-13(16-8-12)2-4-18-14/h2,4-5,8,10-11,15H,1,3,6-7,9H2/t10-,11-/m1/s1. The monoisotopic (exact) mass is 243 g/mol. The van der Waals surface area contributed by atoms with Crippen LogP contribution in [0.2, 0.25) is 0 Å². The van der Waals surface area contributed by atoms with Crippen molar-refractivity contribution >= 4 is 16.8 Å². The first-order valence-corrected chi connectivity index (χ1v) is 6.69. The van der Waals surface area contributed by atoms with Gasteiger partial charge in [-0.05, 0) is 31.3 Å². The summed E-state index contributed by atoms with van der Waals surface area (Å²) in [5.74, 6) is 1.67. The van der Waals surface area contributed by atoms with Crippen molar-refractivity contribution in [1.82, 2.24) is 10.3 Å². The molecular weight excluding hydrogens is 226 g/mol. The number of pyridine rings is 1. The minimum atomic E-state index is 0.797. The summed E-state index contributed by atoms with van der Waals surface area (Å²) in [6, 6.07) is 4.03. The van der Waals surface area contributed by atoms with Crippen LogP contribution in [0.25, 0.3) is 11.1 Å². The molecule has 4 rings (SSSR count). The average Bonchev–Trinajstić information content (AvgIpc) is 3.05. The summed E-state index contributed by atoms with van der Waals surface area (Å²) in [7, 11) is 0. The number of hydrogen-bond acceptors (Lipinski definition) is 4. The molecule has 2 saturated heterocycles. The first-order chi connectivity index (χ1) is 8.90. The van der Waals surface area contributed by atoms with Gasteiger partial charge in [0.1, 0.15) is 5.52 Å². The quantitative estimate of drug-likeness (QED) is 0.830. The molecule has 0 saturated carbocycles. The van der Waals surface area contributed by atoms with Gasteiger partial charge in [0.05, 0.1) is 18.1 Å². The highest BCUT2D eigenvalue weighted by Gasteiger charge is 2.32. The molecule has 4 heteroatoms. The summed E-state index contributed by atoms with van der Waals surface area (Å²) in [6.07, 6.45) is 4.96. The lowest BCUT2D eigenvalue weighted by Crippen LogP contribution is -2.40. The smallest absolute Gasteiger partial charge is 0.154 e. The van der Waals surface area contributed by atoms with Gasteiger partial charge in [-0.15, -0.1) is 0 Å². The number of nitrogens with one attached hydrogen (secondary N) is 1. The third-order valence-corrected chi connectivity index (χ3v) is 4.36. The second-order valence-corrected chi connectivity index (χ2v) is 5.41. The van der Waals surface area contributed by atoms with Crippen LogP contribution in [-0.2, 0) is 0 Å². The Hall–Kier alpha value is -1.55. The third-order valence-electron chi connectivity index (χ3n) is 4.36. The first kappa shape index (κ1) is 10.4. The SMILES string of the molecule is c1cc2ncc(N3CC[C@@H]4CNC[C@@H]4C3)cc2o1. The fourth-order valence-electron chi connectivity index (χ4n) is 3.28. The number of nitrogens with zero attached hydrogens (tertiary/aromatic N) is 2. The van der Waals surface area contributed by atoms with Gasteiger partial charge < -0.3 is 14.6 Å². The number of piperidine rings is 1. The molecule has 1 N–H and O–H groups in total. The van der Waals surface area contributed by atoms with Gasteiger partial charge in [-0.3, -0.25) is 4.98 Å². The van der Waals surface area contributed by atoms with E-state index < -0.39 is 0 Å². The molecule has 0 aliphatic carbocycles. The van der Waals surface area contributed by atoms with Gasteiger partial charge in [0.2, 0.25) is 0 Å². The summed E-state index contributed by atoms with van der Waals surface area (Å²) in [6.45, 7) is 4.65. The Morgan fingerprint density at radius 3 is 3.28 bits per heavy atom. The van der Waals surface area contributed by atoms with Crippen LogP contribution in [0, 0.1) is 11.8 Å². The van der Waals surface area contributed by atoms with Gasteiger partial charge in [-0.2, -0.15) is 0 Å². The normalized spacial score (nSPS) is 27.7. The Balaban J connectivity index is 1.62. The lowest BCUT2D eigenvalue weighted by molar-refractivity contribution is 0.349. The van der Waals surface area contributed by atoms with E-state index in [1.807, 2.05) is 12.3 Å². The van der Waals surface area contributed by atoms with Crippen molar-refractivity contribution in [3.05, 3.63) is 24.6 Å². The van der Waals surface area contributed by atoms with Crippen LogP contribution in [0.1, 0.15) is 6.42 Å². The molecule has 2 aliphatic rings. The second-order valence-electron chi connectivity index (χ2n) is 5.41. The molecule has 2 aliphatic heterocycles. The summed E-state index contributed by atoms with van der Waals surface area (Å²) in [5.41, 5.74) is 3.03. The number of hydrogen-bond donors (Lipinski definition) is 1. The highest BCUT2D eigenvalue weighted by molar-refractivity contribution is 5.76. The predicted octanol–water partition coefficient (Wildman–Crippen LogP) is 1.87. The molecular formula is C14H17N3O. The zero-order chi connectivity index (χ0) is 11.9. The lowest BCUT2D eigenvalue weighted by atomic mass is 9.88. The van der Waals surface area contributed by atoms with Crippen molar-refractivity contribution in [3.63, 3.8) is 0 Å². The maximum atomic E-state index is 5.43. The highest BCUT2D eigenvalue weighted by Crippen LogP contribution is 2.30. The zero-order valence-corrected chi connectivity index (χ0v) is 10.3. The molecule has 0 amide bonds. The van der Waals surface area contributed by atoms with Crippen LogP contribution in [0.3, 0.4) is 0 Å². The van der Waals surface area contributed by atoms with Gasteiger partial charge in [-0.25, -0.2) is 0 Å². The van der Waals surface area contributed by atoms with Crippen LogP contribution < -0.4 is 10.2 Å². The van der Waals surface area contributed by atoms with E-state index in [9.17, 15) is 0 Å². The van der Waals surface area contributed by atoms with Crippen molar-refractivity contribution < 1.29 is 4.42 Å². The Labute approximate surface area is 106 Å². The van der Waals surface area contributed by atoms with E-state index >= 15 is 0 Å². The van der Waals surface area contributed by atoms with E-state index in [2.05, 4.69) is 21.3 Å². The topological polar surface area (TPSA) is 41.3 Å². The van der Waals surface area contributed by atoms with Crippen LogP contribution in [0.15, 0.2) is 29.0 Å². The van der Waals surface area contributed by atoms with E-state index in [1.165, 1.54) is 18.7 Å². The van der Waals surface area contributed by atoms with Crippen molar-refractivity contribution in [3.8, 4) is 0 Å². The summed E-state index contributed by atoms with van der Waals surface area (Å²) in [5, 5.41) is 3.50. The van der Waals surface area contributed by atoms with Crippen molar-refractivity contribution in [2.24, 2.45) is 11.8 Å². The summed E-state index contributed by atoms with van der Waals surface area (Å²) >= 11 is 0. The van der Waals surface area contributed by atoms with Crippen molar-refractivity contribution in [1.29, 1.82) is 0 Å².